The minimum Gasteiger partial charge on any atom is -0.390 e. The minimum atomic E-state index is -1.33. The Morgan fingerprint density at radius 1 is 0.941 bits per heavy atom. The summed E-state index contributed by atoms with van der Waals surface area (Å²) in [5, 5.41) is 10.9. The highest BCUT2D eigenvalue weighted by Gasteiger charge is 2.41. The highest BCUT2D eigenvalue weighted by Crippen LogP contribution is 2.27. The molecule has 34 heavy (non-hydrogen) atoms. The van der Waals surface area contributed by atoms with E-state index in [1.165, 1.54) is 5.56 Å². The zero-order chi connectivity index (χ0) is 23.9. The van der Waals surface area contributed by atoms with Crippen molar-refractivity contribution in [2.24, 2.45) is 0 Å². The highest BCUT2D eigenvalue weighted by molar-refractivity contribution is 7.85. The van der Waals surface area contributed by atoms with E-state index in [0.29, 0.717) is 37.2 Å². The van der Waals surface area contributed by atoms with Crippen LogP contribution in [-0.2, 0) is 26.8 Å². The van der Waals surface area contributed by atoms with Gasteiger partial charge in [-0.15, -0.1) is 0 Å². The normalized spacial score (nSPS) is 22.0. The van der Waals surface area contributed by atoms with Crippen molar-refractivity contribution in [2.75, 3.05) is 18.8 Å². The van der Waals surface area contributed by atoms with E-state index >= 15 is 0 Å². The van der Waals surface area contributed by atoms with Crippen LogP contribution in [0.3, 0.4) is 0 Å². The summed E-state index contributed by atoms with van der Waals surface area (Å²) in [6.07, 6.45) is 4.16. The molecule has 7 heteroatoms. The lowest BCUT2D eigenvalue weighted by atomic mass is 10.1. The second-order valence-electron chi connectivity index (χ2n) is 9.22. The molecule has 2 aliphatic heterocycles. The summed E-state index contributed by atoms with van der Waals surface area (Å²) in [5.41, 5.74) is 1.21. The van der Waals surface area contributed by atoms with Crippen LogP contribution in [-0.4, -0.2) is 68.0 Å². The quantitative estimate of drug-likeness (QED) is 0.596. The number of nitrogens with zero attached hydrogens (tertiary/aromatic N) is 2. The zero-order valence-corrected chi connectivity index (χ0v) is 20.4. The number of carbonyl (C=O) groups excluding carboxylic acids is 2. The number of hydrogen-bond donors (Lipinski definition) is 1. The van der Waals surface area contributed by atoms with Crippen molar-refractivity contribution >= 4 is 22.6 Å². The number of benzene rings is 2. The maximum absolute atomic E-state index is 13.5. The lowest BCUT2D eigenvalue weighted by Crippen LogP contribution is -2.52. The van der Waals surface area contributed by atoms with E-state index in [4.69, 9.17) is 0 Å². The van der Waals surface area contributed by atoms with Crippen LogP contribution in [0.5, 0.6) is 0 Å². The molecule has 0 saturated carbocycles. The van der Waals surface area contributed by atoms with Crippen LogP contribution in [0.25, 0.3) is 0 Å². The average molecular weight is 483 g/mol. The average Bonchev–Trinajstić information content (AvgIpc) is 3.55. The third-order valence-electron chi connectivity index (χ3n) is 6.91. The number of aliphatic hydroxyl groups is 1. The van der Waals surface area contributed by atoms with Gasteiger partial charge in [-0.3, -0.25) is 13.8 Å². The molecule has 0 bridgehead atoms. The largest absolute Gasteiger partial charge is 0.390 e. The molecule has 0 aromatic heterocycles. The smallest absolute Gasteiger partial charge is 0.245 e. The van der Waals surface area contributed by atoms with Crippen LogP contribution >= 0.6 is 0 Å². The van der Waals surface area contributed by atoms with Gasteiger partial charge in [-0.05, 0) is 56.2 Å². The maximum Gasteiger partial charge on any atom is 0.245 e. The summed E-state index contributed by atoms with van der Waals surface area (Å²) < 4.78 is 12.7. The predicted molar refractivity (Wildman–Crippen MR) is 133 cm³/mol. The molecule has 2 aromatic rings. The molecule has 2 aromatic carbocycles. The Morgan fingerprint density at radius 3 is 2.32 bits per heavy atom. The SMILES string of the molecule is O=C(CCCc1ccccc1)N1CCC[C@@H]1C(=O)N1CCC[C@H]1C(O)CS(=O)c1ccccc1. The number of amides is 2. The molecule has 2 fully saturated rings. The van der Waals surface area contributed by atoms with Crippen LogP contribution in [0.1, 0.15) is 44.1 Å². The molecule has 2 aliphatic rings. The number of rotatable bonds is 9. The molecule has 6 nitrogen and oxygen atoms in total. The van der Waals surface area contributed by atoms with Gasteiger partial charge in [-0.25, -0.2) is 0 Å². The van der Waals surface area contributed by atoms with Crippen molar-refractivity contribution in [1.29, 1.82) is 0 Å². The van der Waals surface area contributed by atoms with Crippen molar-refractivity contribution in [2.45, 2.75) is 68.0 Å². The third-order valence-corrected chi connectivity index (χ3v) is 8.35. The lowest BCUT2D eigenvalue weighted by Gasteiger charge is -2.33. The monoisotopic (exact) mass is 482 g/mol. The van der Waals surface area contributed by atoms with Crippen molar-refractivity contribution in [1.82, 2.24) is 9.80 Å². The number of aliphatic hydroxyl groups excluding tert-OH is 1. The molecule has 2 heterocycles. The number of aryl methyl sites for hydroxylation is 1. The van der Waals surface area contributed by atoms with E-state index in [1.807, 2.05) is 36.4 Å². The molecular formula is C27H34N2O4S. The van der Waals surface area contributed by atoms with E-state index in [2.05, 4.69) is 12.1 Å². The van der Waals surface area contributed by atoms with Gasteiger partial charge in [0.1, 0.15) is 6.04 Å². The molecule has 0 radical (unpaired) electrons. The molecule has 2 unspecified atom stereocenters. The zero-order valence-electron chi connectivity index (χ0n) is 19.6. The first-order valence-electron chi connectivity index (χ1n) is 12.3. The summed E-state index contributed by atoms with van der Waals surface area (Å²) >= 11 is 0. The van der Waals surface area contributed by atoms with Gasteiger partial charge >= 0.3 is 0 Å². The van der Waals surface area contributed by atoms with Gasteiger partial charge in [0.15, 0.2) is 0 Å². The molecule has 4 rings (SSSR count). The van der Waals surface area contributed by atoms with Crippen molar-refractivity contribution in [3.8, 4) is 0 Å². The Kier molecular flexibility index (Phi) is 8.51. The first-order chi connectivity index (χ1) is 16.5. The second kappa shape index (κ2) is 11.8. The van der Waals surface area contributed by atoms with E-state index in [0.717, 1.165) is 25.7 Å². The minimum absolute atomic E-state index is 0.0354. The van der Waals surface area contributed by atoms with Crippen molar-refractivity contribution in [3.63, 3.8) is 0 Å². The molecule has 0 aliphatic carbocycles. The fourth-order valence-corrected chi connectivity index (χ4v) is 6.33. The Labute approximate surface area is 204 Å². The first kappa shape index (κ1) is 24.6. The fraction of sp³-hybridized carbons (Fsp3) is 0.481. The molecular weight excluding hydrogens is 448 g/mol. The third kappa shape index (κ3) is 5.94. The Morgan fingerprint density at radius 2 is 1.59 bits per heavy atom. The summed E-state index contributed by atoms with van der Waals surface area (Å²) in [6, 6.07) is 18.4. The highest BCUT2D eigenvalue weighted by atomic mass is 32.2. The fourth-order valence-electron chi connectivity index (χ4n) is 5.15. The van der Waals surface area contributed by atoms with E-state index in [-0.39, 0.29) is 23.6 Å². The summed E-state index contributed by atoms with van der Waals surface area (Å²) in [4.78, 5) is 30.6. The number of carbonyl (C=O) groups is 2. The molecule has 2 amide bonds. The molecule has 0 spiro atoms. The van der Waals surface area contributed by atoms with Gasteiger partial charge in [0.25, 0.3) is 0 Å². The second-order valence-corrected chi connectivity index (χ2v) is 10.7. The Bertz CT molecular complexity index is 985. The lowest BCUT2D eigenvalue weighted by molar-refractivity contribution is -0.145. The summed E-state index contributed by atoms with van der Waals surface area (Å²) in [7, 11) is -1.33. The van der Waals surface area contributed by atoms with E-state index < -0.39 is 22.9 Å². The maximum atomic E-state index is 13.5. The van der Waals surface area contributed by atoms with E-state index in [1.54, 1.807) is 21.9 Å². The van der Waals surface area contributed by atoms with Crippen molar-refractivity contribution < 1.29 is 18.9 Å². The summed E-state index contributed by atoms with van der Waals surface area (Å²) in [5.74, 6) is 0.0693. The standard InChI is InChI=1S/C27H34N2O4S/c30-25(20-34(33)22-13-5-2-6-14-22)23-15-8-19-29(23)27(32)24-16-9-18-28(24)26(31)17-7-12-21-10-3-1-4-11-21/h1-6,10-11,13-14,23-25,30H,7-9,12,15-20H2/t23-,24+,25?,34?/m0/s1. The number of hydrogen-bond acceptors (Lipinski definition) is 4. The molecule has 4 atom stereocenters. The molecule has 1 N–H and O–H groups in total. The predicted octanol–water partition coefficient (Wildman–Crippen LogP) is 3.16. The van der Waals surface area contributed by atoms with Gasteiger partial charge in [0, 0.05) is 24.4 Å². The molecule has 2 saturated heterocycles. The van der Waals surface area contributed by atoms with Gasteiger partial charge in [-0.1, -0.05) is 48.5 Å². The van der Waals surface area contributed by atoms with Gasteiger partial charge in [-0.2, -0.15) is 0 Å². The van der Waals surface area contributed by atoms with Crippen LogP contribution in [0, 0.1) is 0 Å². The van der Waals surface area contributed by atoms with Crippen LogP contribution < -0.4 is 0 Å². The Hall–Kier alpha value is -2.51. The van der Waals surface area contributed by atoms with Gasteiger partial charge in [0.2, 0.25) is 11.8 Å². The topological polar surface area (TPSA) is 77.9 Å². The van der Waals surface area contributed by atoms with Gasteiger partial charge < -0.3 is 14.9 Å². The van der Waals surface area contributed by atoms with Crippen LogP contribution in [0.2, 0.25) is 0 Å². The van der Waals surface area contributed by atoms with Crippen LogP contribution in [0.15, 0.2) is 65.6 Å². The van der Waals surface area contributed by atoms with Crippen LogP contribution in [0.4, 0.5) is 0 Å². The van der Waals surface area contributed by atoms with E-state index in [9.17, 15) is 18.9 Å². The molecule has 182 valence electrons. The Balaban J connectivity index is 1.33. The van der Waals surface area contributed by atoms with Gasteiger partial charge in [0.05, 0.1) is 28.7 Å². The summed E-state index contributed by atoms with van der Waals surface area (Å²) in [6.45, 7) is 1.19. The number of likely N-dealkylation sites (tertiary alicyclic amines) is 2. The van der Waals surface area contributed by atoms with Crippen molar-refractivity contribution in [3.05, 3.63) is 66.2 Å². The first-order valence-corrected chi connectivity index (χ1v) is 13.6.